The Morgan fingerprint density at radius 3 is 2.18 bits per heavy atom. The normalized spacial score (nSPS) is 8.73. The summed E-state index contributed by atoms with van der Waals surface area (Å²) in [5.74, 6) is 0. The van der Waals surface area contributed by atoms with Gasteiger partial charge in [-0.3, -0.25) is 8.78 Å². The summed E-state index contributed by atoms with van der Waals surface area (Å²) in [4.78, 5) is 0. The van der Waals surface area contributed by atoms with E-state index in [0.717, 1.165) is 0 Å². The summed E-state index contributed by atoms with van der Waals surface area (Å²) < 4.78 is 30.5. The van der Waals surface area contributed by atoms with Crippen LogP contribution in [0.4, 0.5) is 8.78 Å². The fraction of sp³-hybridized carbons (Fsp3) is 1.00. The van der Waals surface area contributed by atoms with Gasteiger partial charge in [-0.15, -0.1) is 0 Å². The van der Waals surface area contributed by atoms with Crippen LogP contribution in [0, 0.1) is 0 Å². The Labute approximate surface area is 66.5 Å². The predicted molar refractivity (Wildman–Crippen MR) is 40.3 cm³/mol. The third-order valence-electron chi connectivity index (χ3n) is 0.854. The van der Waals surface area contributed by atoms with E-state index in [-0.39, 0.29) is 6.67 Å². The molecule has 0 aromatic heterocycles. The third kappa shape index (κ3) is 17.7. The molecule has 4 heteroatoms. The predicted octanol–water partition coefficient (Wildman–Crippen LogP) is 1.59. The molecule has 0 saturated carbocycles. The number of halogens is 2. The van der Waals surface area contributed by atoms with Gasteiger partial charge < -0.3 is 9.47 Å². The van der Waals surface area contributed by atoms with Gasteiger partial charge in [0.1, 0.15) is 0 Å². The van der Waals surface area contributed by atoms with Crippen molar-refractivity contribution in [3.8, 4) is 0 Å². The van der Waals surface area contributed by atoms with Crippen LogP contribution in [0.15, 0.2) is 0 Å². The number of alkyl halides is 2. The first kappa shape index (κ1) is 13.4. The van der Waals surface area contributed by atoms with Crippen molar-refractivity contribution in [2.75, 3.05) is 40.8 Å². The summed E-state index contributed by atoms with van der Waals surface area (Å²) in [6.07, 6.45) is 0.490. The minimum absolute atomic E-state index is 0.299. The summed E-state index contributed by atoms with van der Waals surface area (Å²) in [5, 5.41) is 0. The van der Waals surface area contributed by atoms with Crippen LogP contribution in [0.1, 0.15) is 6.42 Å². The van der Waals surface area contributed by atoms with Gasteiger partial charge >= 0.3 is 0 Å². The first-order valence-corrected chi connectivity index (χ1v) is 3.42. The minimum Gasteiger partial charge on any atom is -0.382 e. The van der Waals surface area contributed by atoms with E-state index in [2.05, 4.69) is 0 Å². The molecule has 11 heavy (non-hydrogen) atoms. The summed E-state index contributed by atoms with van der Waals surface area (Å²) in [6, 6.07) is 0. The molecule has 0 aliphatic heterocycles. The highest BCUT2D eigenvalue weighted by Crippen LogP contribution is 1.82. The largest absolute Gasteiger partial charge is 0.382 e. The van der Waals surface area contributed by atoms with Gasteiger partial charge in [0, 0.05) is 13.7 Å². The average Bonchev–Trinajstić information content (AvgIpc) is 2.08. The lowest BCUT2D eigenvalue weighted by Gasteiger charge is -1.99. The van der Waals surface area contributed by atoms with Crippen molar-refractivity contribution in [1.82, 2.24) is 0 Å². The highest BCUT2D eigenvalue weighted by Gasteiger charge is 1.85. The fourth-order valence-corrected chi connectivity index (χ4v) is 0.401. The van der Waals surface area contributed by atoms with Crippen molar-refractivity contribution in [2.24, 2.45) is 0 Å². The fourth-order valence-electron chi connectivity index (χ4n) is 0.401. The quantitative estimate of drug-likeness (QED) is 0.564. The number of methoxy groups -OCH3 is 1. The van der Waals surface area contributed by atoms with Crippen molar-refractivity contribution in [1.29, 1.82) is 0 Å². The van der Waals surface area contributed by atoms with Gasteiger partial charge in [0.2, 0.25) is 0 Å². The van der Waals surface area contributed by atoms with Gasteiger partial charge in [-0.1, -0.05) is 0 Å². The summed E-state index contributed by atoms with van der Waals surface area (Å²) in [5.41, 5.74) is 0. The van der Waals surface area contributed by atoms with Crippen molar-refractivity contribution >= 4 is 0 Å². The molecule has 0 aromatic rings. The Balaban J connectivity index is 0. The zero-order chi connectivity index (χ0) is 8.95. The molecule has 0 heterocycles. The number of rotatable bonds is 6. The molecule has 0 N–H and O–H groups in total. The van der Waals surface area contributed by atoms with E-state index in [1.807, 2.05) is 0 Å². The standard InChI is InChI=1S/C6H13FO2.CH3F/c1-8-5-6-9-4-2-3-7;1-2/h2-6H2,1H3;1H3. The topological polar surface area (TPSA) is 18.5 Å². The Morgan fingerprint density at radius 2 is 1.73 bits per heavy atom. The molecular weight excluding hydrogens is 154 g/mol. The molecule has 0 fully saturated rings. The highest BCUT2D eigenvalue weighted by atomic mass is 19.1. The second-order valence-corrected chi connectivity index (χ2v) is 1.65. The van der Waals surface area contributed by atoms with Crippen molar-refractivity contribution in [3.05, 3.63) is 0 Å². The Kier molecular flexibility index (Phi) is 19.9. The Hall–Kier alpha value is -0.220. The van der Waals surface area contributed by atoms with Crippen LogP contribution in [-0.4, -0.2) is 40.8 Å². The lowest BCUT2D eigenvalue weighted by molar-refractivity contribution is 0.0672. The molecule has 0 aliphatic rings. The van der Waals surface area contributed by atoms with Crippen molar-refractivity contribution in [2.45, 2.75) is 6.42 Å². The van der Waals surface area contributed by atoms with Gasteiger partial charge in [-0.25, -0.2) is 0 Å². The second kappa shape index (κ2) is 16.4. The monoisotopic (exact) mass is 170 g/mol. The minimum atomic E-state index is -0.299. The molecule has 0 saturated heterocycles. The van der Waals surface area contributed by atoms with Crippen molar-refractivity contribution in [3.63, 3.8) is 0 Å². The summed E-state index contributed by atoms with van der Waals surface area (Å²) in [7, 11) is 2.11. The van der Waals surface area contributed by atoms with Crippen LogP contribution in [0.3, 0.4) is 0 Å². The summed E-state index contributed by atoms with van der Waals surface area (Å²) in [6.45, 7) is 1.36. The average molecular weight is 170 g/mol. The van der Waals surface area contributed by atoms with Crippen LogP contribution < -0.4 is 0 Å². The summed E-state index contributed by atoms with van der Waals surface area (Å²) >= 11 is 0. The van der Waals surface area contributed by atoms with Crippen LogP contribution in [0.25, 0.3) is 0 Å². The van der Waals surface area contributed by atoms with E-state index >= 15 is 0 Å². The van der Waals surface area contributed by atoms with E-state index in [1.165, 1.54) is 0 Å². The first-order chi connectivity index (χ1) is 5.41. The molecular formula is C7H16F2O2. The van der Waals surface area contributed by atoms with Gasteiger partial charge in [0.15, 0.2) is 0 Å². The van der Waals surface area contributed by atoms with Gasteiger partial charge in [0.05, 0.1) is 27.1 Å². The first-order valence-electron chi connectivity index (χ1n) is 3.42. The molecule has 0 atom stereocenters. The van der Waals surface area contributed by atoms with Gasteiger partial charge in [-0.2, -0.15) is 0 Å². The maximum absolute atomic E-state index is 11.4. The van der Waals surface area contributed by atoms with Crippen LogP contribution in [-0.2, 0) is 9.47 Å². The van der Waals surface area contributed by atoms with Crippen LogP contribution >= 0.6 is 0 Å². The molecule has 2 nitrogen and oxygen atoms in total. The van der Waals surface area contributed by atoms with Crippen LogP contribution in [0.5, 0.6) is 0 Å². The van der Waals surface area contributed by atoms with Crippen LogP contribution in [0.2, 0.25) is 0 Å². The molecule has 0 radical (unpaired) electrons. The molecule has 0 rings (SSSR count). The maximum Gasteiger partial charge on any atom is 0.0916 e. The van der Waals surface area contributed by atoms with E-state index in [9.17, 15) is 8.78 Å². The molecule has 0 aliphatic carbocycles. The Bertz CT molecular complexity index is 47.7. The van der Waals surface area contributed by atoms with Crippen molar-refractivity contribution < 1.29 is 18.3 Å². The lowest BCUT2D eigenvalue weighted by atomic mass is 10.5. The number of hydrogen-bond acceptors (Lipinski definition) is 2. The van der Waals surface area contributed by atoms with Gasteiger partial charge in [-0.05, 0) is 6.42 Å². The zero-order valence-electron chi connectivity index (χ0n) is 7.11. The number of hydrogen-bond donors (Lipinski definition) is 0. The Morgan fingerprint density at radius 1 is 1.09 bits per heavy atom. The zero-order valence-corrected chi connectivity index (χ0v) is 7.11. The SMILES string of the molecule is CF.COCCOCCCF. The van der Waals surface area contributed by atoms with Gasteiger partial charge in [0.25, 0.3) is 0 Å². The molecule has 0 amide bonds. The molecule has 70 valence electrons. The van der Waals surface area contributed by atoms with E-state index < -0.39 is 0 Å². The smallest absolute Gasteiger partial charge is 0.0916 e. The number of ether oxygens (including phenoxy) is 2. The second-order valence-electron chi connectivity index (χ2n) is 1.65. The molecule has 0 spiro atoms. The molecule has 0 unspecified atom stereocenters. The maximum atomic E-state index is 11.4. The molecule has 0 bridgehead atoms. The highest BCUT2D eigenvalue weighted by molar-refractivity contribution is 4.31. The van der Waals surface area contributed by atoms with E-state index in [4.69, 9.17) is 9.47 Å². The van der Waals surface area contributed by atoms with E-state index in [0.29, 0.717) is 33.4 Å². The molecule has 0 aromatic carbocycles. The van der Waals surface area contributed by atoms with E-state index in [1.54, 1.807) is 7.11 Å². The third-order valence-corrected chi connectivity index (χ3v) is 0.854. The lowest BCUT2D eigenvalue weighted by Crippen LogP contribution is -2.03.